The summed E-state index contributed by atoms with van der Waals surface area (Å²) in [6.07, 6.45) is 1.09. The highest BCUT2D eigenvalue weighted by Gasteiger charge is 2.25. The second-order valence-corrected chi connectivity index (χ2v) is 8.12. The van der Waals surface area contributed by atoms with Gasteiger partial charge in [0.1, 0.15) is 24.7 Å². The van der Waals surface area contributed by atoms with Crippen molar-refractivity contribution in [1.29, 1.82) is 0 Å². The number of fused-ring (bicyclic) bond motifs is 3. The molecular formula is C20H24ClN3O4. The molecule has 0 bridgehead atoms. The van der Waals surface area contributed by atoms with Crippen molar-refractivity contribution < 1.29 is 19.4 Å². The number of pyridine rings is 1. The quantitative estimate of drug-likeness (QED) is 0.651. The van der Waals surface area contributed by atoms with E-state index >= 15 is 0 Å². The number of rotatable bonds is 6. The lowest BCUT2D eigenvalue weighted by molar-refractivity contribution is 0.206. The van der Waals surface area contributed by atoms with Crippen LogP contribution < -0.4 is 20.5 Å². The van der Waals surface area contributed by atoms with E-state index in [0.717, 1.165) is 17.5 Å². The van der Waals surface area contributed by atoms with Gasteiger partial charge in [-0.05, 0) is 37.0 Å². The number of hydrogen-bond donors (Lipinski definition) is 3. The number of benzene rings is 1. The molecule has 4 N–H and O–H groups in total. The summed E-state index contributed by atoms with van der Waals surface area (Å²) in [6.45, 7) is 6.98. The summed E-state index contributed by atoms with van der Waals surface area (Å²) in [4.78, 5) is 14.9. The van der Waals surface area contributed by atoms with Gasteiger partial charge in [-0.3, -0.25) is 5.32 Å². The highest BCUT2D eigenvalue weighted by atomic mass is 35.5. The average molecular weight is 406 g/mol. The number of amides is 1. The van der Waals surface area contributed by atoms with Crippen molar-refractivity contribution in [2.75, 3.05) is 11.9 Å². The number of nitrogens with zero attached hydrogens (tertiary/aromatic N) is 1. The number of carboxylic acid groups (broad SMARTS) is 1. The van der Waals surface area contributed by atoms with Crippen LogP contribution in [0, 0.1) is 5.92 Å². The van der Waals surface area contributed by atoms with Crippen LogP contribution in [-0.4, -0.2) is 28.3 Å². The molecule has 150 valence electrons. The lowest BCUT2D eigenvalue weighted by atomic mass is 9.93. The zero-order chi connectivity index (χ0) is 20.5. The predicted octanol–water partition coefficient (Wildman–Crippen LogP) is 4.53. The highest BCUT2D eigenvalue weighted by molar-refractivity contribution is 6.36. The van der Waals surface area contributed by atoms with Crippen LogP contribution >= 0.6 is 11.6 Å². The minimum Gasteiger partial charge on any atom is -0.492 e. The summed E-state index contributed by atoms with van der Waals surface area (Å²) in [6, 6.07) is 5.63. The molecule has 1 unspecified atom stereocenters. The Morgan fingerprint density at radius 1 is 1.50 bits per heavy atom. The first-order valence-corrected chi connectivity index (χ1v) is 9.40. The maximum atomic E-state index is 10.9. The molecular weight excluding hydrogens is 382 g/mol. The molecule has 1 aromatic heterocycles. The smallest absolute Gasteiger partial charge is 0.410 e. The summed E-state index contributed by atoms with van der Waals surface area (Å²) in [5.41, 5.74) is 8.25. The van der Waals surface area contributed by atoms with E-state index in [1.54, 1.807) is 0 Å². The SMILES string of the molecule is CC(C)CC(C)(N)COc1ccc2c(c1)COc1cnc(NC(=O)O)c(Cl)c1-2. The molecule has 0 radical (unpaired) electrons. The zero-order valence-electron chi connectivity index (χ0n) is 16.1. The van der Waals surface area contributed by atoms with Crippen molar-refractivity contribution in [3.8, 4) is 22.6 Å². The van der Waals surface area contributed by atoms with Crippen LogP contribution in [0.25, 0.3) is 11.1 Å². The Balaban J connectivity index is 1.86. The molecule has 8 heteroatoms. The summed E-state index contributed by atoms with van der Waals surface area (Å²) < 4.78 is 11.7. The van der Waals surface area contributed by atoms with Gasteiger partial charge < -0.3 is 20.3 Å². The van der Waals surface area contributed by atoms with E-state index in [-0.39, 0.29) is 10.8 Å². The van der Waals surface area contributed by atoms with Gasteiger partial charge in [-0.25, -0.2) is 9.78 Å². The predicted molar refractivity (Wildman–Crippen MR) is 108 cm³/mol. The van der Waals surface area contributed by atoms with Crippen LogP contribution in [0.2, 0.25) is 5.02 Å². The molecule has 0 saturated heterocycles. The molecule has 2 aromatic rings. The van der Waals surface area contributed by atoms with E-state index in [4.69, 9.17) is 31.9 Å². The fraction of sp³-hybridized carbons (Fsp3) is 0.400. The van der Waals surface area contributed by atoms with Crippen molar-refractivity contribution in [3.63, 3.8) is 0 Å². The average Bonchev–Trinajstić information content (AvgIpc) is 2.60. The fourth-order valence-electron chi connectivity index (χ4n) is 3.44. The van der Waals surface area contributed by atoms with Crippen LogP contribution in [-0.2, 0) is 6.61 Å². The fourth-order valence-corrected chi connectivity index (χ4v) is 3.73. The van der Waals surface area contributed by atoms with Gasteiger partial charge in [-0.2, -0.15) is 0 Å². The Hall–Kier alpha value is -2.51. The third kappa shape index (κ3) is 4.48. The standard InChI is InChI=1S/C20H24ClN3O4/c1-11(2)7-20(3,22)10-28-13-4-5-14-12(6-13)9-27-15-8-23-18(24-19(25)26)17(21)16(14)15/h4-6,8,11H,7,9-10,22H2,1-3H3,(H,23,24)(H,25,26). The van der Waals surface area contributed by atoms with Crippen molar-refractivity contribution >= 4 is 23.5 Å². The van der Waals surface area contributed by atoms with Gasteiger partial charge in [0.2, 0.25) is 0 Å². The van der Waals surface area contributed by atoms with E-state index < -0.39 is 11.6 Å². The summed E-state index contributed by atoms with van der Waals surface area (Å²) in [5, 5.41) is 11.3. The van der Waals surface area contributed by atoms with E-state index in [9.17, 15) is 4.79 Å². The molecule has 28 heavy (non-hydrogen) atoms. The van der Waals surface area contributed by atoms with Crippen LogP contribution in [0.3, 0.4) is 0 Å². The van der Waals surface area contributed by atoms with Crippen LogP contribution in [0.5, 0.6) is 11.5 Å². The Labute approximate surface area is 168 Å². The summed E-state index contributed by atoms with van der Waals surface area (Å²) >= 11 is 6.39. The van der Waals surface area contributed by atoms with Gasteiger partial charge in [0.25, 0.3) is 0 Å². The molecule has 1 amide bonds. The van der Waals surface area contributed by atoms with Gasteiger partial charge in [-0.1, -0.05) is 31.5 Å². The lowest BCUT2D eigenvalue weighted by Crippen LogP contribution is -2.43. The first kappa shape index (κ1) is 20.2. The number of hydrogen-bond acceptors (Lipinski definition) is 5. The number of nitrogens with two attached hydrogens (primary N) is 1. The molecule has 3 rings (SSSR count). The largest absolute Gasteiger partial charge is 0.492 e. The second-order valence-electron chi connectivity index (χ2n) is 7.74. The van der Waals surface area contributed by atoms with Gasteiger partial charge >= 0.3 is 6.09 Å². The molecule has 0 aliphatic carbocycles. The Kier molecular flexibility index (Phi) is 5.67. The Morgan fingerprint density at radius 3 is 2.93 bits per heavy atom. The number of halogens is 1. The van der Waals surface area contributed by atoms with Crippen molar-refractivity contribution in [2.24, 2.45) is 11.7 Å². The first-order valence-electron chi connectivity index (χ1n) is 9.02. The van der Waals surface area contributed by atoms with E-state index in [0.29, 0.717) is 36.2 Å². The Bertz CT molecular complexity index is 899. The van der Waals surface area contributed by atoms with Crippen molar-refractivity contribution in [3.05, 3.63) is 35.0 Å². The number of aromatic nitrogens is 1. The van der Waals surface area contributed by atoms with E-state index in [1.807, 2.05) is 25.1 Å². The molecule has 0 fully saturated rings. The van der Waals surface area contributed by atoms with Crippen molar-refractivity contribution in [2.45, 2.75) is 39.3 Å². The minimum atomic E-state index is -1.23. The normalized spacial score (nSPS) is 14.5. The lowest BCUT2D eigenvalue weighted by Gasteiger charge is -2.27. The molecule has 1 aromatic carbocycles. The third-order valence-electron chi connectivity index (χ3n) is 4.38. The van der Waals surface area contributed by atoms with Gasteiger partial charge in [0.15, 0.2) is 5.82 Å². The van der Waals surface area contributed by atoms with Crippen LogP contribution in [0.1, 0.15) is 32.8 Å². The topological polar surface area (TPSA) is 107 Å². The minimum absolute atomic E-state index is 0.0669. The molecule has 1 aliphatic rings. The maximum absolute atomic E-state index is 10.9. The molecule has 7 nitrogen and oxygen atoms in total. The third-order valence-corrected chi connectivity index (χ3v) is 4.75. The van der Waals surface area contributed by atoms with E-state index in [2.05, 4.69) is 24.1 Å². The van der Waals surface area contributed by atoms with Gasteiger partial charge in [0, 0.05) is 16.7 Å². The molecule has 1 aliphatic heterocycles. The first-order chi connectivity index (χ1) is 13.2. The molecule has 0 saturated carbocycles. The van der Waals surface area contributed by atoms with Crippen LogP contribution in [0.15, 0.2) is 24.4 Å². The van der Waals surface area contributed by atoms with Crippen molar-refractivity contribution in [1.82, 2.24) is 4.98 Å². The zero-order valence-corrected chi connectivity index (χ0v) is 16.8. The molecule has 0 spiro atoms. The highest BCUT2D eigenvalue weighted by Crippen LogP contribution is 2.45. The number of anilines is 1. The maximum Gasteiger partial charge on any atom is 0.410 e. The molecule has 2 heterocycles. The number of nitrogens with one attached hydrogen (secondary N) is 1. The van der Waals surface area contributed by atoms with E-state index in [1.165, 1.54) is 6.20 Å². The van der Waals surface area contributed by atoms with Gasteiger partial charge in [-0.15, -0.1) is 0 Å². The van der Waals surface area contributed by atoms with Gasteiger partial charge in [0.05, 0.1) is 11.2 Å². The summed E-state index contributed by atoms with van der Waals surface area (Å²) in [7, 11) is 0. The number of ether oxygens (including phenoxy) is 2. The second kappa shape index (κ2) is 7.85. The summed E-state index contributed by atoms with van der Waals surface area (Å²) in [5.74, 6) is 1.75. The van der Waals surface area contributed by atoms with Crippen LogP contribution in [0.4, 0.5) is 10.6 Å². The Morgan fingerprint density at radius 2 is 2.25 bits per heavy atom. The number of carbonyl (C=O) groups is 1. The monoisotopic (exact) mass is 405 g/mol. The molecule has 1 atom stereocenters.